The van der Waals surface area contributed by atoms with Gasteiger partial charge >= 0.3 is 5.97 Å². The number of benzene rings is 1. The first kappa shape index (κ1) is 15.9. The van der Waals surface area contributed by atoms with E-state index in [1.807, 2.05) is 37.2 Å². The number of hydrogen-bond donors (Lipinski definition) is 2. The topological polar surface area (TPSA) is 75.8 Å². The molecule has 5 nitrogen and oxygen atoms in total. The molecule has 0 aliphatic carbocycles. The van der Waals surface area contributed by atoms with Crippen LogP contribution in [0.15, 0.2) is 22.7 Å². The van der Waals surface area contributed by atoms with Crippen molar-refractivity contribution in [2.45, 2.75) is 18.5 Å². The molecule has 0 aliphatic rings. The Bertz CT molecular complexity index is 452. The molecule has 106 valence electrons. The lowest BCUT2D eigenvalue weighted by molar-refractivity contribution is -0.139. The summed E-state index contributed by atoms with van der Waals surface area (Å²) in [5, 5.41) is 8.92. The normalized spacial score (nSPS) is 14.2. The fourth-order valence-corrected chi connectivity index (χ4v) is 2.43. The van der Waals surface area contributed by atoms with Crippen LogP contribution in [0.1, 0.15) is 18.0 Å². The summed E-state index contributed by atoms with van der Waals surface area (Å²) in [4.78, 5) is 12.8. The second-order valence-electron chi connectivity index (χ2n) is 4.55. The minimum Gasteiger partial charge on any atom is -0.496 e. The summed E-state index contributed by atoms with van der Waals surface area (Å²) >= 11 is 3.43. The Kier molecular flexibility index (Phi) is 5.78. The lowest BCUT2D eigenvalue weighted by Crippen LogP contribution is -2.35. The second-order valence-corrected chi connectivity index (χ2v) is 5.41. The zero-order valence-corrected chi connectivity index (χ0v) is 12.8. The number of nitrogens with two attached hydrogens (primary N) is 1. The van der Waals surface area contributed by atoms with Gasteiger partial charge in [0.25, 0.3) is 0 Å². The van der Waals surface area contributed by atoms with Crippen LogP contribution in [-0.2, 0) is 4.79 Å². The van der Waals surface area contributed by atoms with Crippen LogP contribution in [0.4, 0.5) is 0 Å². The van der Waals surface area contributed by atoms with Crippen LogP contribution in [0.25, 0.3) is 0 Å². The Balaban J connectivity index is 2.99. The fourth-order valence-electron chi connectivity index (χ4n) is 1.88. The van der Waals surface area contributed by atoms with E-state index in [1.54, 1.807) is 7.11 Å². The number of rotatable bonds is 6. The summed E-state index contributed by atoms with van der Waals surface area (Å²) in [5.41, 5.74) is 6.62. The lowest BCUT2D eigenvalue weighted by Gasteiger charge is -2.26. The van der Waals surface area contributed by atoms with Crippen molar-refractivity contribution in [3.8, 4) is 5.75 Å². The first-order valence-electron chi connectivity index (χ1n) is 5.85. The summed E-state index contributed by atoms with van der Waals surface area (Å²) in [6.45, 7) is 0. The molecule has 0 aromatic heterocycles. The van der Waals surface area contributed by atoms with Crippen molar-refractivity contribution < 1.29 is 14.6 Å². The van der Waals surface area contributed by atoms with Crippen LogP contribution in [-0.4, -0.2) is 43.2 Å². The van der Waals surface area contributed by atoms with E-state index in [4.69, 9.17) is 15.6 Å². The first-order chi connectivity index (χ1) is 8.86. The monoisotopic (exact) mass is 330 g/mol. The predicted molar refractivity (Wildman–Crippen MR) is 77.4 cm³/mol. The summed E-state index contributed by atoms with van der Waals surface area (Å²) in [5.74, 6) is -0.247. The molecule has 0 radical (unpaired) electrons. The molecule has 1 rings (SSSR count). The van der Waals surface area contributed by atoms with Crippen molar-refractivity contribution in [1.82, 2.24) is 4.90 Å². The predicted octanol–water partition coefficient (Wildman–Crippen LogP) is 1.86. The van der Waals surface area contributed by atoms with E-state index in [1.165, 1.54) is 0 Å². The highest BCUT2D eigenvalue weighted by molar-refractivity contribution is 9.10. The Labute approximate surface area is 121 Å². The van der Waals surface area contributed by atoms with Gasteiger partial charge in [-0.05, 0) is 54.1 Å². The van der Waals surface area contributed by atoms with Gasteiger partial charge in [-0.1, -0.05) is 6.07 Å². The maximum absolute atomic E-state index is 10.9. The molecule has 1 aromatic rings. The third-order valence-electron chi connectivity index (χ3n) is 2.98. The molecule has 0 spiro atoms. The van der Waals surface area contributed by atoms with E-state index in [0.717, 1.165) is 15.8 Å². The van der Waals surface area contributed by atoms with Crippen LogP contribution in [0.3, 0.4) is 0 Å². The van der Waals surface area contributed by atoms with Crippen molar-refractivity contribution in [1.29, 1.82) is 0 Å². The van der Waals surface area contributed by atoms with Gasteiger partial charge < -0.3 is 20.5 Å². The summed E-state index contributed by atoms with van der Waals surface area (Å²) < 4.78 is 6.02. The number of carbonyl (C=O) groups is 1. The molecule has 0 heterocycles. The molecule has 19 heavy (non-hydrogen) atoms. The van der Waals surface area contributed by atoms with Gasteiger partial charge in [-0.3, -0.25) is 4.79 Å². The van der Waals surface area contributed by atoms with Gasteiger partial charge in [0.05, 0.1) is 11.6 Å². The molecule has 0 saturated heterocycles. The van der Waals surface area contributed by atoms with Gasteiger partial charge in [-0.25, -0.2) is 0 Å². The third-order valence-corrected chi connectivity index (χ3v) is 3.60. The number of hydrogen-bond acceptors (Lipinski definition) is 4. The molecular formula is C13H19BrN2O3. The van der Waals surface area contributed by atoms with Gasteiger partial charge in [0, 0.05) is 6.04 Å². The van der Waals surface area contributed by atoms with Crippen molar-refractivity contribution in [2.24, 2.45) is 5.73 Å². The number of aliphatic carboxylic acids is 1. The Morgan fingerprint density at radius 1 is 1.53 bits per heavy atom. The smallest absolute Gasteiger partial charge is 0.320 e. The summed E-state index contributed by atoms with van der Waals surface area (Å²) in [6.07, 6.45) is 0.348. The second kappa shape index (κ2) is 6.88. The van der Waals surface area contributed by atoms with Gasteiger partial charge in [0.2, 0.25) is 0 Å². The van der Waals surface area contributed by atoms with E-state index in [2.05, 4.69) is 15.9 Å². The Hall–Kier alpha value is -1.11. The zero-order valence-electron chi connectivity index (χ0n) is 11.3. The molecular weight excluding hydrogens is 312 g/mol. The third kappa shape index (κ3) is 4.19. The largest absolute Gasteiger partial charge is 0.496 e. The molecule has 2 unspecified atom stereocenters. The maximum atomic E-state index is 10.9. The van der Waals surface area contributed by atoms with Crippen LogP contribution in [0.5, 0.6) is 5.75 Å². The molecule has 0 fully saturated rings. The first-order valence-corrected chi connectivity index (χ1v) is 6.64. The maximum Gasteiger partial charge on any atom is 0.320 e. The van der Waals surface area contributed by atoms with Crippen molar-refractivity contribution in [3.05, 3.63) is 28.2 Å². The molecule has 0 aliphatic heterocycles. The van der Waals surface area contributed by atoms with E-state index in [-0.39, 0.29) is 6.04 Å². The average molecular weight is 331 g/mol. The van der Waals surface area contributed by atoms with Gasteiger partial charge in [-0.2, -0.15) is 0 Å². The molecule has 0 saturated carbocycles. The molecule has 1 aromatic carbocycles. The highest BCUT2D eigenvalue weighted by atomic mass is 79.9. The minimum atomic E-state index is -0.987. The summed E-state index contributed by atoms with van der Waals surface area (Å²) in [7, 11) is 5.40. The number of carboxylic acid groups (broad SMARTS) is 1. The quantitative estimate of drug-likeness (QED) is 0.832. The standard InChI is InChI=1S/C13H19BrN2O3/c1-16(2)11(7-10(15)13(17)18)8-4-5-12(19-3)9(14)6-8/h4-6,10-11H,7,15H2,1-3H3,(H,17,18). The average Bonchev–Trinajstić information content (AvgIpc) is 2.34. The van der Waals surface area contributed by atoms with E-state index in [0.29, 0.717) is 6.42 Å². The van der Waals surface area contributed by atoms with E-state index >= 15 is 0 Å². The van der Waals surface area contributed by atoms with E-state index < -0.39 is 12.0 Å². The molecule has 2 atom stereocenters. The molecule has 0 bridgehead atoms. The zero-order chi connectivity index (χ0) is 14.6. The Morgan fingerprint density at radius 2 is 2.16 bits per heavy atom. The number of ether oxygens (including phenoxy) is 1. The van der Waals surface area contributed by atoms with Crippen molar-refractivity contribution >= 4 is 21.9 Å². The molecule has 0 amide bonds. The van der Waals surface area contributed by atoms with Crippen LogP contribution < -0.4 is 10.5 Å². The SMILES string of the molecule is COc1ccc(C(CC(N)C(=O)O)N(C)C)cc1Br. The van der Waals surface area contributed by atoms with E-state index in [9.17, 15) is 4.79 Å². The number of halogens is 1. The van der Waals surface area contributed by atoms with Crippen LogP contribution >= 0.6 is 15.9 Å². The minimum absolute atomic E-state index is 0.0618. The molecule has 6 heteroatoms. The van der Waals surface area contributed by atoms with Crippen LogP contribution in [0, 0.1) is 0 Å². The highest BCUT2D eigenvalue weighted by Crippen LogP contribution is 2.31. The van der Waals surface area contributed by atoms with Gasteiger partial charge in [0.15, 0.2) is 0 Å². The number of nitrogens with zero attached hydrogens (tertiary/aromatic N) is 1. The lowest BCUT2D eigenvalue weighted by atomic mass is 9.98. The number of carboxylic acids is 1. The fraction of sp³-hybridized carbons (Fsp3) is 0.462. The highest BCUT2D eigenvalue weighted by Gasteiger charge is 2.22. The van der Waals surface area contributed by atoms with Crippen LogP contribution in [0.2, 0.25) is 0 Å². The number of methoxy groups -OCH3 is 1. The van der Waals surface area contributed by atoms with Gasteiger partial charge in [0.1, 0.15) is 11.8 Å². The van der Waals surface area contributed by atoms with Gasteiger partial charge in [-0.15, -0.1) is 0 Å². The van der Waals surface area contributed by atoms with Crippen molar-refractivity contribution in [3.63, 3.8) is 0 Å². The molecule has 3 N–H and O–H groups in total. The van der Waals surface area contributed by atoms with Crippen molar-refractivity contribution in [2.75, 3.05) is 21.2 Å². The summed E-state index contributed by atoms with van der Waals surface area (Å²) in [6, 6.07) is 4.75. The Morgan fingerprint density at radius 3 is 2.58 bits per heavy atom.